The summed E-state index contributed by atoms with van der Waals surface area (Å²) >= 11 is 8.07. The SMILES string of the molecule is Cc1cc(Sc2nc(NC(C)C)nc(NC(C)C)n2)nc(SC(=S)N(C)C)n1. The molecule has 2 rings (SSSR count). The average Bonchev–Trinajstić information content (AvgIpc) is 2.52. The Morgan fingerprint density at radius 1 is 0.929 bits per heavy atom. The van der Waals surface area contributed by atoms with Crippen LogP contribution in [0.1, 0.15) is 33.4 Å². The fourth-order valence-electron chi connectivity index (χ4n) is 1.92. The Bertz CT molecular complexity index is 798. The van der Waals surface area contributed by atoms with Crippen LogP contribution in [-0.2, 0) is 0 Å². The van der Waals surface area contributed by atoms with Crippen molar-refractivity contribution in [2.45, 2.75) is 62.0 Å². The van der Waals surface area contributed by atoms with Crippen molar-refractivity contribution in [1.29, 1.82) is 0 Å². The predicted molar refractivity (Wildman–Crippen MR) is 120 cm³/mol. The minimum Gasteiger partial charge on any atom is -0.363 e. The molecule has 28 heavy (non-hydrogen) atoms. The monoisotopic (exact) mass is 438 g/mol. The molecule has 0 atom stereocenters. The second-order valence-corrected chi connectivity index (χ2v) is 9.45. The van der Waals surface area contributed by atoms with Crippen molar-refractivity contribution in [3.63, 3.8) is 0 Å². The molecular weight excluding hydrogens is 412 g/mol. The Labute approximate surface area is 180 Å². The van der Waals surface area contributed by atoms with Crippen LogP contribution in [0.3, 0.4) is 0 Å². The van der Waals surface area contributed by atoms with E-state index in [0.717, 1.165) is 10.7 Å². The molecule has 0 aliphatic heterocycles. The summed E-state index contributed by atoms with van der Waals surface area (Å²) in [6, 6.07) is 2.33. The van der Waals surface area contributed by atoms with Gasteiger partial charge in [0.05, 0.1) is 0 Å². The summed E-state index contributed by atoms with van der Waals surface area (Å²) in [7, 11) is 3.80. The molecule has 2 heterocycles. The zero-order chi connectivity index (χ0) is 20.8. The quantitative estimate of drug-likeness (QED) is 0.287. The number of rotatable bonds is 7. The highest BCUT2D eigenvalue weighted by Gasteiger charge is 2.13. The summed E-state index contributed by atoms with van der Waals surface area (Å²) in [5.74, 6) is 1.06. The van der Waals surface area contributed by atoms with Gasteiger partial charge in [0, 0.05) is 31.9 Å². The molecule has 2 aromatic rings. The molecule has 0 spiro atoms. The number of aromatic nitrogens is 5. The van der Waals surface area contributed by atoms with E-state index in [1.165, 1.54) is 23.5 Å². The first-order chi connectivity index (χ1) is 13.1. The Kier molecular flexibility index (Phi) is 8.20. The number of thiocarbonyl (C=S) groups is 1. The molecule has 2 aromatic heterocycles. The summed E-state index contributed by atoms with van der Waals surface area (Å²) in [5, 5.41) is 8.39. The lowest BCUT2D eigenvalue weighted by molar-refractivity contribution is 0.647. The van der Waals surface area contributed by atoms with Crippen molar-refractivity contribution in [3.8, 4) is 0 Å². The summed E-state index contributed by atoms with van der Waals surface area (Å²) in [6.45, 7) is 10.1. The number of hydrogen-bond donors (Lipinski definition) is 2. The van der Waals surface area contributed by atoms with Crippen LogP contribution in [0.2, 0.25) is 0 Å². The van der Waals surface area contributed by atoms with Crippen molar-refractivity contribution < 1.29 is 0 Å². The number of nitrogens with one attached hydrogen (secondary N) is 2. The molecule has 0 fully saturated rings. The number of aryl methyl sites for hydroxylation is 1. The Balaban J connectivity index is 2.30. The van der Waals surface area contributed by atoms with E-state index in [4.69, 9.17) is 12.2 Å². The zero-order valence-electron chi connectivity index (χ0n) is 17.1. The molecule has 11 heteroatoms. The zero-order valence-corrected chi connectivity index (χ0v) is 19.6. The third kappa shape index (κ3) is 7.36. The van der Waals surface area contributed by atoms with Gasteiger partial charge in [-0.1, -0.05) is 12.2 Å². The summed E-state index contributed by atoms with van der Waals surface area (Å²) < 4.78 is 0.702. The lowest BCUT2D eigenvalue weighted by Gasteiger charge is -2.14. The second kappa shape index (κ2) is 10.2. The van der Waals surface area contributed by atoms with E-state index in [0.29, 0.717) is 26.5 Å². The van der Waals surface area contributed by atoms with Crippen molar-refractivity contribution in [2.75, 3.05) is 24.7 Å². The van der Waals surface area contributed by atoms with Gasteiger partial charge < -0.3 is 15.5 Å². The Morgan fingerprint density at radius 2 is 1.50 bits per heavy atom. The summed E-state index contributed by atoms with van der Waals surface area (Å²) in [4.78, 5) is 24.4. The normalized spacial score (nSPS) is 11.0. The second-order valence-electron chi connectivity index (χ2n) is 6.86. The van der Waals surface area contributed by atoms with Crippen LogP contribution >= 0.6 is 35.7 Å². The molecule has 0 radical (unpaired) electrons. The van der Waals surface area contributed by atoms with Gasteiger partial charge in [-0.15, -0.1) is 0 Å². The van der Waals surface area contributed by atoms with Gasteiger partial charge in [-0.05, 0) is 64.2 Å². The first-order valence-corrected chi connectivity index (χ1v) is 10.9. The number of anilines is 2. The minimum atomic E-state index is 0.212. The minimum absolute atomic E-state index is 0.212. The average molecular weight is 439 g/mol. The van der Waals surface area contributed by atoms with Gasteiger partial charge in [0.2, 0.25) is 17.1 Å². The van der Waals surface area contributed by atoms with Crippen LogP contribution < -0.4 is 10.6 Å². The van der Waals surface area contributed by atoms with Crippen LogP contribution in [0.4, 0.5) is 11.9 Å². The molecule has 0 saturated heterocycles. The van der Waals surface area contributed by atoms with Crippen molar-refractivity contribution in [2.24, 2.45) is 0 Å². The maximum atomic E-state index is 5.34. The first-order valence-electron chi connectivity index (χ1n) is 8.84. The molecule has 0 aliphatic rings. The van der Waals surface area contributed by atoms with Gasteiger partial charge in [-0.25, -0.2) is 9.97 Å². The molecule has 0 aliphatic carbocycles. The molecule has 0 saturated carbocycles. The van der Waals surface area contributed by atoms with Crippen LogP contribution in [0.25, 0.3) is 0 Å². The van der Waals surface area contributed by atoms with E-state index in [9.17, 15) is 0 Å². The molecule has 0 aromatic carbocycles. The maximum Gasteiger partial charge on any atom is 0.228 e. The van der Waals surface area contributed by atoms with Gasteiger partial charge in [0.15, 0.2) is 5.16 Å². The fraction of sp³-hybridized carbons (Fsp3) is 0.529. The van der Waals surface area contributed by atoms with Gasteiger partial charge >= 0.3 is 0 Å². The van der Waals surface area contributed by atoms with Crippen molar-refractivity contribution in [3.05, 3.63) is 11.8 Å². The fourth-order valence-corrected chi connectivity index (χ4v) is 3.69. The predicted octanol–water partition coefficient (Wildman–Crippen LogP) is 3.70. The third-order valence-electron chi connectivity index (χ3n) is 3.00. The van der Waals surface area contributed by atoms with Crippen LogP contribution in [-0.4, -0.2) is 60.3 Å². The van der Waals surface area contributed by atoms with Gasteiger partial charge in [-0.2, -0.15) is 15.0 Å². The highest BCUT2D eigenvalue weighted by molar-refractivity contribution is 8.22. The van der Waals surface area contributed by atoms with Crippen LogP contribution in [0, 0.1) is 6.92 Å². The molecule has 152 valence electrons. The van der Waals surface area contributed by atoms with E-state index < -0.39 is 0 Å². The van der Waals surface area contributed by atoms with Crippen molar-refractivity contribution in [1.82, 2.24) is 29.8 Å². The highest BCUT2D eigenvalue weighted by atomic mass is 32.2. The molecule has 8 nitrogen and oxygen atoms in total. The third-order valence-corrected chi connectivity index (χ3v) is 5.30. The molecule has 0 amide bonds. The summed E-state index contributed by atoms with van der Waals surface area (Å²) in [6.07, 6.45) is 0. The maximum absolute atomic E-state index is 5.34. The van der Waals surface area contributed by atoms with Gasteiger partial charge in [0.1, 0.15) is 9.35 Å². The summed E-state index contributed by atoms with van der Waals surface area (Å²) in [5.41, 5.74) is 0.858. The first kappa shape index (κ1) is 22.6. The van der Waals surface area contributed by atoms with E-state index in [-0.39, 0.29) is 12.1 Å². The smallest absolute Gasteiger partial charge is 0.228 e. The lowest BCUT2D eigenvalue weighted by atomic mass is 10.4. The van der Waals surface area contributed by atoms with Crippen LogP contribution in [0.5, 0.6) is 0 Å². The van der Waals surface area contributed by atoms with Crippen molar-refractivity contribution >= 4 is 52.0 Å². The van der Waals surface area contributed by atoms with Crippen LogP contribution in [0.15, 0.2) is 21.4 Å². The number of nitrogens with zero attached hydrogens (tertiary/aromatic N) is 6. The van der Waals surface area contributed by atoms with Gasteiger partial charge in [0.25, 0.3) is 0 Å². The topological polar surface area (TPSA) is 91.8 Å². The standard InChI is InChI=1S/C17H26N8S3/c1-9(2)18-13-22-14(19-10(3)4)24-16(23-13)27-12-8-11(5)20-15(21-12)28-17(26)25(6)7/h8-10H,1-7H3,(H2,18,19,22,23,24). The lowest BCUT2D eigenvalue weighted by Crippen LogP contribution is -2.17. The molecule has 0 bridgehead atoms. The molecule has 0 unspecified atom stereocenters. The van der Waals surface area contributed by atoms with E-state index in [1.54, 1.807) is 0 Å². The Morgan fingerprint density at radius 3 is 2.00 bits per heavy atom. The number of hydrogen-bond acceptors (Lipinski definition) is 10. The van der Waals surface area contributed by atoms with E-state index >= 15 is 0 Å². The highest BCUT2D eigenvalue weighted by Crippen LogP contribution is 2.27. The Hall–Kier alpha value is -1.72. The van der Waals surface area contributed by atoms with Gasteiger partial charge in [-0.3, -0.25) is 0 Å². The molecular formula is C17H26N8S3. The number of thioether (sulfide) groups is 1. The van der Waals surface area contributed by atoms with E-state index in [1.807, 2.05) is 59.7 Å². The largest absolute Gasteiger partial charge is 0.363 e. The molecule has 2 N–H and O–H groups in total. The van der Waals surface area contributed by atoms with E-state index in [2.05, 4.69) is 35.6 Å².